The predicted octanol–water partition coefficient (Wildman–Crippen LogP) is 4.20. The van der Waals surface area contributed by atoms with Gasteiger partial charge >= 0.3 is 5.97 Å². The lowest BCUT2D eigenvalue weighted by atomic mass is 10.1. The highest BCUT2D eigenvalue weighted by atomic mass is 16.5. The van der Waals surface area contributed by atoms with Crippen LogP contribution >= 0.6 is 0 Å². The molecule has 0 unspecified atom stereocenters. The number of nitrogens with zero attached hydrogens (tertiary/aromatic N) is 3. The molecule has 4 aromatic rings. The highest BCUT2D eigenvalue weighted by Gasteiger charge is 2.13. The minimum atomic E-state index is -0.297. The zero-order valence-corrected chi connectivity index (χ0v) is 17.3. The minimum absolute atomic E-state index is 0.161. The second-order valence-electron chi connectivity index (χ2n) is 7.39. The van der Waals surface area contributed by atoms with Crippen LogP contribution in [0.5, 0.6) is 0 Å². The molecule has 0 bridgehead atoms. The van der Waals surface area contributed by atoms with Gasteiger partial charge in [-0.3, -0.25) is 4.79 Å². The van der Waals surface area contributed by atoms with Crippen molar-refractivity contribution in [2.75, 3.05) is 13.7 Å². The van der Waals surface area contributed by atoms with Crippen LogP contribution in [0, 0.1) is 0 Å². The van der Waals surface area contributed by atoms with Gasteiger partial charge in [-0.1, -0.05) is 23.4 Å². The fourth-order valence-corrected chi connectivity index (χ4v) is 3.41. The monoisotopic (exact) mass is 404 g/mol. The third-order valence-corrected chi connectivity index (χ3v) is 4.96. The maximum absolute atomic E-state index is 11.2. The molecule has 0 spiro atoms. The number of hydrogen-bond donors (Lipinski definition) is 1. The number of benzene rings is 2. The number of rotatable bonds is 7. The molecule has 2 heterocycles. The summed E-state index contributed by atoms with van der Waals surface area (Å²) in [6, 6.07) is 16.5. The lowest BCUT2D eigenvalue weighted by molar-refractivity contribution is -0.139. The van der Waals surface area contributed by atoms with Gasteiger partial charge < -0.3 is 19.1 Å². The largest absolute Gasteiger partial charge is 0.468 e. The fraction of sp³-hybridized carbons (Fsp3) is 0.261. The second kappa shape index (κ2) is 8.51. The Morgan fingerprint density at radius 1 is 1.17 bits per heavy atom. The number of nitrogens with one attached hydrogen (secondary N) is 1. The normalized spacial score (nSPS) is 11.3. The molecular formula is C23H24N4O3. The van der Waals surface area contributed by atoms with Crippen LogP contribution in [0.2, 0.25) is 0 Å². The molecule has 0 fully saturated rings. The topological polar surface area (TPSA) is 82.2 Å². The molecule has 0 saturated heterocycles. The van der Waals surface area contributed by atoms with Crippen molar-refractivity contribution >= 4 is 16.9 Å². The van der Waals surface area contributed by atoms with E-state index in [2.05, 4.69) is 63.0 Å². The van der Waals surface area contributed by atoms with Crippen molar-refractivity contribution < 1.29 is 14.1 Å². The van der Waals surface area contributed by atoms with Gasteiger partial charge in [-0.05, 0) is 49.7 Å². The number of aromatic nitrogens is 3. The van der Waals surface area contributed by atoms with E-state index in [1.807, 2.05) is 30.3 Å². The molecule has 154 valence electrons. The minimum Gasteiger partial charge on any atom is -0.468 e. The summed E-state index contributed by atoms with van der Waals surface area (Å²) >= 11 is 0. The lowest BCUT2D eigenvalue weighted by Gasteiger charge is -2.09. The summed E-state index contributed by atoms with van der Waals surface area (Å²) < 4.78 is 12.4. The van der Waals surface area contributed by atoms with Gasteiger partial charge in [-0.25, -0.2) is 0 Å². The van der Waals surface area contributed by atoms with E-state index in [9.17, 15) is 4.79 Å². The van der Waals surface area contributed by atoms with Crippen LogP contribution < -0.4 is 5.32 Å². The predicted molar refractivity (Wildman–Crippen MR) is 115 cm³/mol. The first-order valence-corrected chi connectivity index (χ1v) is 9.86. The molecule has 7 nitrogen and oxygen atoms in total. The van der Waals surface area contributed by atoms with Crippen LogP contribution in [0.25, 0.3) is 33.7 Å². The molecule has 0 saturated carbocycles. The third-order valence-electron chi connectivity index (χ3n) is 4.96. The average Bonchev–Trinajstić information content (AvgIpc) is 3.41. The number of hydrogen-bond acceptors (Lipinski definition) is 6. The molecule has 7 heteroatoms. The Kier molecular flexibility index (Phi) is 5.63. The summed E-state index contributed by atoms with van der Waals surface area (Å²) in [5.74, 6) is 0.716. The van der Waals surface area contributed by atoms with Gasteiger partial charge in [0, 0.05) is 40.8 Å². The summed E-state index contributed by atoms with van der Waals surface area (Å²) in [7, 11) is 1.37. The number of methoxy groups -OCH3 is 1. The molecule has 0 radical (unpaired) electrons. The Balaban J connectivity index is 1.53. The summed E-state index contributed by atoms with van der Waals surface area (Å²) in [5, 5.41) is 8.34. The zero-order valence-electron chi connectivity index (χ0n) is 17.3. The van der Waals surface area contributed by atoms with Crippen molar-refractivity contribution in [3.8, 4) is 22.8 Å². The number of esters is 1. The molecule has 2 aromatic heterocycles. The quantitative estimate of drug-likeness (QED) is 0.465. The van der Waals surface area contributed by atoms with E-state index in [1.54, 1.807) is 0 Å². The van der Waals surface area contributed by atoms with E-state index in [1.165, 1.54) is 12.6 Å². The smallest absolute Gasteiger partial charge is 0.319 e. The van der Waals surface area contributed by atoms with Crippen molar-refractivity contribution in [3.63, 3.8) is 0 Å². The Labute approximate surface area is 174 Å². The first kappa shape index (κ1) is 19.8. The van der Waals surface area contributed by atoms with Gasteiger partial charge in [-0.2, -0.15) is 4.98 Å². The Bertz CT molecular complexity index is 1180. The van der Waals surface area contributed by atoms with Gasteiger partial charge in [0.2, 0.25) is 5.82 Å². The zero-order chi connectivity index (χ0) is 21.1. The Morgan fingerprint density at radius 2 is 2.03 bits per heavy atom. The standard InChI is InChI=1S/C23H24N4O3/c1-15(2)27-10-9-17-12-19(7-8-20(17)27)23-25-22(26-30-23)18-6-4-5-16(11-18)13-24-14-21(28)29-3/h4-12,15,24H,13-14H2,1-3H3. The summed E-state index contributed by atoms with van der Waals surface area (Å²) in [4.78, 5) is 15.8. The van der Waals surface area contributed by atoms with E-state index in [0.29, 0.717) is 24.3 Å². The highest BCUT2D eigenvalue weighted by molar-refractivity contribution is 5.84. The van der Waals surface area contributed by atoms with E-state index in [-0.39, 0.29) is 12.5 Å². The molecule has 0 atom stereocenters. The summed E-state index contributed by atoms with van der Waals surface area (Å²) in [6.07, 6.45) is 2.10. The molecule has 0 amide bonds. The highest BCUT2D eigenvalue weighted by Crippen LogP contribution is 2.27. The van der Waals surface area contributed by atoms with Crippen molar-refractivity contribution in [1.29, 1.82) is 0 Å². The van der Waals surface area contributed by atoms with Gasteiger partial charge in [0.15, 0.2) is 0 Å². The van der Waals surface area contributed by atoms with E-state index in [0.717, 1.165) is 22.1 Å². The van der Waals surface area contributed by atoms with Crippen molar-refractivity contribution in [1.82, 2.24) is 20.0 Å². The molecular weight excluding hydrogens is 380 g/mol. The number of fused-ring (bicyclic) bond motifs is 1. The maximum Gasteiger partial charge on any atom is 0.319 e. The van der Waals surface area contributed by atoms with Crippen LogP contribution in [-0.2, 0) is 16.1 Å². The van der Waals surface area contributed by atoms with Gasteiger partial charge in [-0.15, -0.1) is 0 Å². The molecule has 0 aliphatic rings. The van der Waals surface area contributed by atoms with Gasteiger partial charge in [0.05, 0.1) is 13.7 Å². The van der Waals surface area contributed by atoms with E-state index < -0.39 is 0 Å². The van der Waals surface area contributed by atoms with Crippen molar-refractivity contribution in [2.45, 2.75) is 26.4 Å². The molecule has 1 N–H and O–H groups in total. The first-order chi connectivity index (χ1) is 14.5. The number of carbonyl (C=O) groups excluding carboxylic acids is 1. The molecule has 0 aliphatic carbocycles. The van der Waals surface area contributed by atoms with Crippen molar-refractivity contribution in [3.05, 3.63) is 60.3 Å². The molecule has 0 aliphatic heterocycles. The van der Waals surface area contributed by atoms with Crippen LogP contribution in [0.4, 0.5) is 0 Å². The fourth-order valence-electron chi connectivity index (χ4n) is 3.41. The molecule has 30 heavy (non-hydrogen) atoms. The van der Waals surface area contributed by atoms with Gasteiger partial charge in [0.25, 0.3) is 5.89 Å². The van der Waals surface area contributed by atoms with Crippen LogP contribution in [0.15, 0.2) is 59.3 Å². The SMILES string of the molecule is COC(=O)CNCc1cccc(-c2noc(-c3ccc4c(ccn4C(C)C)c3)n2)c1. The Hall–Kier alpha value is -3.45. The van der Waals surface area contributed by atoms with E-state index in [4.69, 9.17) is 4.52 Å². The third kappa shape index (κ3) is 4.11. The van der Waals surface area contributed by atoms with Crippen LogP contribution in [0.3, 0.4) is 0 Å². The summed E-state index contributed by atoms with van der Waals surface area (Å²) in [6.45, 7) is 5.03. The Morgan fingerprint density at radius 3 is 2.83 bits per heavy atom. The first-order valence-electron chi connectivity index (χ1n) is 9.86. The lowest BCUT2D eigenvalue weighted by Crippen LogP contribution is -2.23. The maximum atomic E-state index is 11.2. The summed E-state index contributed by atoms with van der Waals surface area (Å²) in [5.41, 5.74) is 3.94. The number of ether oxygens (including phenoxy) is 1. The average molecular weight is 404 g/mol. The van der Waals surface area contributed by atoms with Crippen LogP contribution in [0.1, 0.15) is 25.5 Å². The van der Waals surface area contributed by atoms with Gasteiger partial charge in [0.1, 0.15) is 0 Å². The van der Waals surface area contributed by atoms with Crippen LogP contribution in [-0.4, -0.2) is 34.3 Å². The second-order valence-corrected chi connectivity index (χ2v) is 7.39. The molecule has 2 aromatic carbocycles. The van der Waals surface area contributed by atoms with Crippen molar-refractivity contribution in [2.24, 2.45) is 0 Å². The molecule has 4 rings (SSSR count). The number of carbonyl (C=O) groups is 1. The van der Waals surface area contributed by atoms with E-state index >= 15 is 0 Å².